The Hall–Kier alpha value is -0.790. The minimum Gasteiger partial charge on any atom is -0.311 e. The van der Waals surface area contributed by atoms with Crippen LogP contribution in [0.15, 0.2) is 35.2 Å². The highest BCUT2D eigenvalue weighted by atomic mass is 35.5. The number of hydrogen-bond donors (Lipinski definition) is 1. The van der Waals surface area contributed by atoms with Crippen LogP contribution in [0.4, 0.5) is 5.69 Å². The number of benzene rings is 1. The third-order valence-corrected chi connectivity index (χ3v) is 6.83. The van der Waals surface area contributed by atoms with Gasteiger partial charge in [0.1, 0.15) is 9.23 Å². The highest BCUT2D eigenvalue weighted by Crippen LogP contribution is 2.37. The van der Waals surface area contributed by atoms with Crippen molar-refractivity contribution in [3.63, 3.8) is 0 Å². The van der Waals surface area contributed by atoms with Crippen LogP contribution < -0.4 is 9.62 Å². The lowest BCUT2D eigenvalue weighted by Crippen LogP contribution is -2.34. The van der Waals surface area contributed by atoms with E-state index in [1.165, 1.54) is 10.4 Å². The molecule has 3 rings (SSSR count). The fourth-order valence-electron chi connectivity index (χ4n) is 2.30. The van der Waals surface area contributed by atoms with Gasteiger partial charge in [0.15, 0.2) is 0 Å². The van der Waals surface area contributed by atoms with E-state index in [0.717, 1.165) is 16.9 Å². The quantitative estimate of drug-likeness (QED) is 0.890. The summed E-state index contributed by atoms with van der Waals surface area (Å²) in [5.74, 6) is 0. The van der Waals surface area contributed by atoms with Crippen molar-refractivity contribution in [2.75, 3.05) is 17.4 Å². The minimum absolute atomic E-state index is 0.0656. The molecule has 1 N–H and O–H groups in total. The molecule has 2 aromatic rings. The van der Waals surface area contributed by atoms with Crippen LogP contribution in [0.5, 0.6) is 0 Å². The molecule has 1 aromatic carbocycles. The monoisotopic (exact) mass is 362 g/mol. The van der Waals surface area contributed by atoms with E-state index in [2.05, 4.69) is 5.32 Å². The third-order valence-electron chi connectivity index (χ3n) is 3.26. The smallest absolute Gasteiger partial charge is 0.266 e. The molecule has 0 saturated heterocycles. The normalized spacial score (nSPS) is 15.6. The Morgan fingerprint density at radius 1 is 1.24 bits per heavy atom. The zero-order valence-electron chi connectivity index (χ0n) is 10.8. The van der Waals surface area contributed by atoms with E-state index >= 15 is 0 Å². The maximum atomic E-state index is 12.9. The van der Waals surface area contributed by atoms with Crippen molar-refractivity contribution in [2.45, 2.75) is 11.4 Å². The molecular formula is C13H12Cl2N2O2S2. The largest absolute Gasteiger partial charge is 0.311 e. The van der Waals surface area contributed by atoms with Crippen molar-refractivity contribution in [2.24, 2.45) is 0 Å². The number of halogens is 2. The highest BCUT2D eigenvalue weighted by molar-refractivity contribution is 7.93. The van der Waals surface area contributed by atoms with Crippen molar-refractivity contribution in [1.82, 2.24) is 5.32 Å². The minimum atomic E-state index is -3.72. The molecule has 0 unspecified atom stereocenters. The molecule has 2 heterocycles. The predicted molar refractivity (Wildman–Crippen MR) is 87.0 cm³/mol. The van der Waals surface area contributed by atoms with Gasteiger partial charge in [-0.1, -0.05) is 41.4 Å². The molecule has 0 fully saturated rings. The van der Waals surface area contributed by atoms with Crippen LogP contribution >= 0.6 is 34.5 Å². The van der Waals surface area contributed by atoms with Crippen molar-refractivity contribution in [3.8, 4) is 0 Å². The number of thiophene rings is 1. The predicted octanol–water partition coefficient (Wildman–Crippen LogP) is 3.35. The molecule has 0 radical (unpaired) electrons. The summed E-state index contributed by atoms with van der Waals surface area (Å²) in [6.45, 7) is 1.56. The lowest BCUT2D eigenvalue weighted by atomic mass is 10.2. The van der Waals surface area contributed by atoms with Gasteiger partial charge in [0, 0.05) is 19.6 Å². The van der Waals surface area contributed by atoms with Gasteiger partial charge in [-0.05, 0) is 17.7 Å². The molecule has 21 heavy (non-hydrogen) atoms. The summed E-state index contributed by atoms with van der Waals surface area (Å²) in [5.41, 5.74) is 1.62. The number of sulfonamides is 1. The second-order valence-corrected chi connectivity index (χ2v) is 8.69. The van der Waals surface area contributed by atoms with Gasteiger partial charge in [-0.2, -0.15) is 0 Å². The Balaban J connectivity index is 2.13. The standard InChI is InChI=1S/C13H12Cl2N2O2S2/c14-12-7-11(13(15)20-12)21(18,19)17-6-5-16-8-9-3-1-2-4-10(9)17/h1-4,7,16H,5-6,8H2. The van der Waals surface area contributed by atoms with E-state index in [4.69, 9.17) is 23.2 Å². The second-order valence-electron chi connectivity index (χ2n) is 4.57. The van der Waals surface area contributed by atoms with E-state index in [0.29, 0.717) is 29.7 Å². The van der Waals surface area contributed by atoms with Crippen LogP contribution in [0, 0.1) is 0 Å². The topological polar surface area (TPSA) is 49.4 Å². The zero-order chi connectivity index (χ0) is 15.0. The van der Waals surface area contributed by atoms with Gasteiger partial charge in [-0.25, -0.2) is 8.42 Å². The highest BCUT2D eigenvalue weighted by Gasteiger charge is 2.30. The average molecular weight is 363 g/mol. The summed E-state index contributed by atoms with van der Waals surface area (Å²) in [4.78, 5) is 0.0656. The third kappa shape index (κ3) is 2.78. The number of hydrogen-bond acceptors (Lipinski definition) is 4. The maximum absolute atomic E-state index is 12.9. The summed E-state index contributed by atoms with van der Waals surface area (Å²) >= 11 is 13.0. The molecule has 0 saturated carbocycles. The van der Waals surface area contributed by atoms with Crippen molar-refractivity contribution in [1.29, 1.82) is 0 Å². The van der Waals surface area contributed by atoms with Gasteiger partial charge in [-0.3, -0.25) is 4.31 Å². The number of fused-ring (bicyclic) bond motifs is 1. The van der Waals surface area contributed by atoms with Crippen LogP contribution in [0.1, 0.15) is 5.56 Å². The second kappa shape index (κ2) is 5.78. The summed E-state index contributed by atoms with van der Waals surface area (Å²) in [6, 6.07) is 8.85. The first-order valence-corrected chi connectivity index (χ1v) is 9.27. The van der Waals surface area contributed by atoms with Crippen LogP contribution in [-0.4, -0.2) is 21.5 Å². The molecular weight excluding hydrogens is 351 g/mol. The van der Waals surface area contributed by atoms with Gasteiger partial charge in [0.2, 0.25) is 0 Å². The number of nitrogens with one attached hydrogen (secondary N) is 1. The zero-order valence-corrected chi connectivity index (χ0v) is 14.0. The van der Waals surface area contributed by atoms with E-state index in [9.17, 15) is 8.42 Å². The van der Waals surface area contributed by atoms with E-state index in [1.807, 2.05) is 24.3 Å². The van der Waals surface area contributed by atoms with Gasteiger partial charge in [-0.15, -0.1) is 11.3 Å². The number of para-hydroxylation sites is 1. The molecule has 1 aromatic heterocycles. The first-order chi connectivity index (χ1) is 10.00. The molecule has 0 amide bonds. The van der Waals surface area contributed by atoms with Crippen molar-refractivity contribution >= 4 is 50.2 Å². The van der Waals surface area contributed by atoms with Crippen LogP contribution in [0.2, 0.25) is 8.67 Å². The summed E-state index contributed by atoms with van der Waals surface area (Å²) in [7, 11) is -3.72. The molecule has 112 valence electrons. The molecule has 4 nitrogen and oxygen atoms in total. The molecule has 0 aliphatic carbocycles. The van der Waals surface area contributed by atoms with Crippen LogP contribution in [-0.2, 0) is 16.6 Å². The molecule has 0 atom stereocenters. The van der Waals surface area contributed by atoms with E-state index < -0.39 is 10.0 Å². The Kier molecular flexibility index (Phi) is 4.16. The fourth-order valence-corrected chi connectivity index (χ4v) is 5.92. The molecule has 1 aliphatic rings. The summed E-state index contributed by atoms with van der Waals surface area (Å²) in [5, 5.41) is 3.21. The molecule has 0 spiro atoms. The van der Waals surface area contributed by atoms with Crippen molar-refractivity contribution < 1.29 is 8.42 Å². The SMILES string of the molecule is O=S(=O)(c1cc(Cl)sc1Cl)N1CCNCc2ccccc21. The van der Waals surface area contributed by atoms with Gasteiger partial charge in [0.05, 0.1) is 10.0 Å². The Morgan fingerprint density at radius 3 is 2.71 bits per heavy atom. The summed E-state index contributed by atoms with van der Waals surface area (Å²) < 4.78 is 27.7. The van der Waals surface area contributed by atoms with Crippen molar-refractivity contribution in [3.05, 3.63) is 44.6 Å². The molecule has 8 heteroatoms. The van der Waals surface area contributed by atoms with Crippen LogP contribution in [0.3, 0.4) is 0 Å². The van der Waals surface area contributed by atoms with E-state index in [-0.39, 0.29) is 9.23 Å². The number of rotatable bonds is 2. The Morgan fingerprint density at radius 2 is 2.00 bits per heavy atom. The van der Waals surface area contributed by atoms with Gasteiger partial charge >= 0.3 is 0 Å². The fraction of sp³-hybridized carbons (Fsp3) is 0.231. The first kappa shape index (κ1) is 15.1. The lowest BCUT2D eigenvalue weighted by molar-refractivity contribution is 0.590. The Labute approximate surface area is 137 Å². The maximum Gasteiger partial charge on any atom is 0.266 e. The molecule has 1 aliphatic heterocycles. The summed E-state index contributed by atoms with van der Waals surface area (Å²) in [6.07, 6.45) is 0. The number of nitrogens with zero attached hydrogens (tertiary/aromatic N) is 1. The van der Waals surface area contributed by atoms with Crippen LogP contribution in [0.25, 0.3) is 0 Å². The molecule has 0 bridgehead atoms. The van der Waals surface area contributed by atoms with Gasteiger partial charge < -0.3 is 5.32 Å². The number of anilines is 1. The average Bonchev–Trinajstić information content (AvgIpc) is 2.68. The van der Waals surface area contributed by atoms with E-state index in [1.54, 1.807) is 0 Å². The first-order valence-electron chi connectivity index (χ1n) is 6.26. The van der Waals surface area contributed by atoms with Gasteiger partial charge in [0.25, 0.3) is 10.0 Å². The Bertz CT molecular complexity index is 774. The lowest BCUT2D eigenvalue weighted by Gasteiger charge is -2.23.